The van der Waals surface area contributed by atoms with Crippen LogP contribution in [0, 0.1) is 5.92 Å². The standard InChI is InChI=1S/C9H16O3S/c1-2-4-9(13(11)12)7-5-3-6-8(7)10/h7,9H,2-6H2,1H3,(H,11,12). The van der Waals surface area contributed by atoms with Crippen LogP contribution < -0.4 is 0 Å². The van der Waals surface area contributed by atoms with E-state index >= 15 is 0 Å². The molecule has 0 spiro atoms. The molecule has 0 aromatic rings. The predicted molar refractivity (Wildman–Crippen MR) is 51.8 cm³/mol. The molecule has 1 fully saturated rings. The molecule has 1 aliphatic rings. The summed E-state index contributed by atoms with van der Waals surface area (Å²) in [5, 5.41) is -0.319. The highest BCUT2D eigenvalue weighted by atomic mass is 32.2. The summed E-state index contributed by atoms with van der Waals surface area (Å²) >= 11 is -1.83. The van der Waals surface area contributed by atoms with Gasteiger partial charge < -0.3 is 4.55 Å². The Morgan fingerprint density at radius 3 is 2.77 bits per heavy atom. The van der Waals surface area contributed by atoms with Crippen molar-refractivity contribution >= 4 is 16.9 Å². The molecule has 3 nitrogen and oxygen atoms in total. The third kappa shape index (κ3) is 2.61. The van der Waals surface area contributed by atoms with Gasteiger partial charge in [0.05, 0.1) is 5.25 Å². The summed E-state index contributed by atoms with van der Waals surface area (Å²) < 4.78 is 20.0. The van der Waals surface area contributed by atoms with E-state index in [1.54, 1.807) is 0 Å². The Bertz CT molecular complexity index is 215. The van der Waals surface area contributed by atoms with Gasteiger partial charge in [0.2, 0.25) is 0 Å². The Kier molecular flexibility index (Phi) is 4.06. The molecule has 0 aromatic heterocycles. The van der Waals surface area contributed by atoms with Crippen LogP contribution in [-0.4, -0.2) is 19.8 Å². The lowest BCUT2D eigenvalue weighted by Crippen LogP contribution is -2.28. The lowest BCUT2D eigenvalue weighted by atomic mass is 9.99. The highest BCUT2D eigenvalue weighted by Gasteiger charge is 2.34. The second kappa shape index (κ2) is 4.86. The van der Waals surface area contributed by atoms with Crippen LogP contribution in [0.5, 0.6) is 0 Å². The molecule has 0 bridgehead atoms. The van der Waals surface area contributed by atoms with Gasteiger partial charge in [0.15, 0.2) is 11.1 Å². The highest BCUT2D eigenvalue weighted by Crippen LogP contribution is 2.29. The maximum Gasteiger partial charge on any atom is 0.156 e. The maximum atomic E-state index is 11.3. The van der Waals surface area contributed by atoms with Crippen molar-refractivity contribution in [3.05, 3.63) is 0 Å². The third-order valence-electron chi connectivity index (χ3n) is 2.63. The molecule has 1 N–H and O–H groups in total. The van der Waals surface area contributed by atoms with Gasteiger partial charge >= 0.3 is 0 Å². The van der Waals surface area contributed by atoms with E-state index in [1.807, 2.05) is 6.92 Å². The lowest BCUT2D eigenvalue weighted by molar-refractivity contribution is -0.120. The summed E-state index contributed by atoms with van der Waals surface area (Å²) in [5.41, 5.74) is 0. The summed E-state index contributed by atoms with van der Waals surface area (Å²) in [5.74, 6) is 0.0339. The summed E-state index contributed by atoms with van der Waals surface area (Å²) in [6.45, 7) is 1.97. The van der Waals surface area contributed by atoms with Crippen LogP contribution in [-0.2, 0) is 15.9 Å². The second-order valence-corrected chi connectivity index (χ2v) is 4.73. The van der Waals surface area contributed by atoms with Crippen LogP contribution in [0.4, 0.5) is 0 Å². The average Bonchev–Trinajstić information content (AvgIpc) is 2.47. The van der Waals surface area contributed by atoms with E-state index in [4.69, 9.17) is 4.55 Å². The van der Waals surface area contributed by atoms with Crippen molar-refractivity contribution < 1.29 is 13.6 Å². The minimum Gasteiger partial charge on any atom is -0.306 e. The van der Waals surface area contributed by atoms with Crippen LogP contribution in [0.1, 0.15) is 39.0 Å². The fraction of sp³-hybridized carbons (Fsp3) is 0.889. The maximum absolute atomic E-state index is 11.3. The minimum atomic E-state index is -1.83. The molecule has 3 unspecified atom stereocenters. The van der Waals surface area contributed by atoms with Gasteiger partial charge in [-0.15, -0.1) is 0 Å². The van der Waals surface area contributed by atoms with Crippen LogP contribution in [0.25, 0.3) is 0 Å². The SMILES string of the molecule is CCCC(C1CCCC1=O)S(=O)O. The van der Waals surface area contributed by atoms with Crippen molar-refractivity contribution in [1.29, 1.82) is 0 Å². The smallest absolute Gasteiger partial charge is 0.156 e. The Labute approximate surface area is 81.2 Å². The van der Waals surface area contributed by atoms with Crippen molar-refractivity contribution in [2.75, 3.05) is 0 Å². The molecule has 3 atom stereocenters. The van der Waals surface area contributed by atoms with Crippen molar-refractivity contribution in [3.8, 4) is 0 Å². The zero-order valence-electron chi connectivity index (χ0n) is 7.86. The van der Waals surface area contributed by atoms with Gasteiger partial charge in [0.1, 0.15) is 5.78 Å². The fourth-order valence-electron chi connectivity index (χ4n) is 1.96. The summed E-state index contributed by atoms with van der Waals surface area (Å²) in [6.07, 6.45) is 3.83. The first-order valence-electron chi connectivity index (χ1n) is 4.79. The van der Waals surface area contributed by atoms with Gasteiger partial charge in [0, 0.05) is 12.3 Å². The quantitative estimate of drug-likeness (QED) is 0.710. The molecule has 4 heteroatoms. The number of carbonyl (C=O) groups excluding carboxylic acids is 1. The monoisotopic (exact) mass is 204 g/mol. The van der Waals surface area contributed by atoms with Crippen molar-refractivity contribution in [2.45, 2.75) is 44.3 Å². The van der Waals surface area contributed by atoms with Gasteiger partial charge in [-0.05, 0) is 19.3 Å². The number of rotatable bonds is 4. The van der Waals surface area contributed by atoms with E-state index < -0.39 is 11.1 Å². The van der Waals surface area contributed by atoms with Gasteiger partial charge in [-0.1, -0.05) is 13.3 Å². The molecular formula is C9H16O3S. The van der Waals surface area contributed by atoms with Crippen molar-refractivity contribution in [2.24, 2.45) is 5.92 Å². The Morgan fingerprint density at radius 2 is 2.38 bits per heavy atom. The van der Waals surface area contributed by atoms with Crippen molar-refractivity contribution in [3.63, 3.8) is 0 Å². The van der Waals surface area contributed by atoms with E-state index in [0.717, 1.165) is 19.3 Å². The molecule has 0 heterocycles. The molecule has 0 aromatic carbocycles. The first-order chi connectivity index (χ1) is 6.16. The molecule has 0 radical (unpaired) electrons. The largest absolute Gasteiger partial charge is 0.306 e. The lowest BCUT2D eigenvalue weighted by Gasteiger charge is -2.17. The second-order valence-electron chi connectivity index (χ2n) is 3.57. The van der Waals surface area contributed by atoms with Crippen LogP contribution in [0.3, 0.4) is 0 Å². The Balaban J connectivity index is 2.63. The van der Waals surface area contributed by atoms with Gasteiger partial charge in [-0.25, -0.2) is 4.21 Å². The fourth-order valence-corrected chi connectivity index (χ4v) is 2.97. The van der Waals surface area contributed by atoms with Crippen LogP contribution in [0.15, 0.2) is 0 Å². The molecule has 0 aliphatic heterocycles. The third-order valence-corrected chi connectivity index (χ3v) is 3.72. The molecule has 0 amide bonds. The first kappa shape index (κ1) is 10.9. The average molecular weight is 204 g/mol. The molecule has 1 aliphatic carbocycles. The minimum absolute atomic E-state index is 0.147. The zero-order valence-corrected chi connectivity index (χ0v) is 8.68. The number of hydrogen-bond acceptors (Lipinski definition) is 2. The summed E-state index contributed by atoms with van der Waals surface area (Å²) in [4.78, 5) is 11.3. The Hall–Kier alpha value is -0.220. The normalized spacial score (nSPS) is 27.5. The molecular weight excluding hydrogens is 188 g/mol. The summed E-state index contributed by atoms with van der Waals surface area (Å²) in [7, 11) is 0. The van der Waals surface area contributed by atoms with Gasteiger partial charge in [-0.2, -0.15) is 0 Å². The van der Waals surface area contributed by atoms with E-state index in [0.29, 0.717) is 12.8 Å². The van der Waals surface area contributed by atoms with Gasteiger partial charge in [-0.3, -0.25) is 4.79 Å². The van der Waals surface area contributed by atoms with Gasteiger partial charge in [0.25, 0.3) is 0 Å². The first-order valence-corrected chi connectivity index (χ1v) is 5.96. The molecule has 1 saturated carbocycles. The van der Waals surface area contributed by atoms with E-state index in [2.05, 4.69) is 0 Å². The highest BCUT2D eigenvalue weighted by molar-refractivity contribution is 7.79. The number of Topliss-reactive ketones (excluding diaryl/α,β-unsaturated/α-hetero) is 1. The van der Waals surface area contributed by atoms with Crippen LogP contribution >= 0.6 is 0 Å². The van der Waals surface area contributed by atoms with Crippen molar-refractivity contribution in [1.82, 2.24) is 0 Å². The topological polar surface area (TPSA) is 54.4 Å². The zero-order chi connectivity index (χ0) is 9.84. The molecule has 13 heavy (non-hydrogen) atoms. The number of ketones is 1. The Morgan fingerprint density at radius 1 is 1.69 bits per heavy atom. The molecule has 0 saturated heterocycles. The van der Waals surface area contributed by atoms with E-state index in [1.165, 1.54) is 0 Å². The molecule has 1 rings (SSSR count). The van der Waals surface area contributed by atoms with Crippen LogP contribution in [0.2, 0.25) is 0 Å². The summed E-state index contributed by atoms with van der Waals surface area (Å²) in [6, 6.07) is 0. The molecule has 76 valence electrons. The number of hydrogen-bond donors (Lipinski definition) is 1. The number of carbonyl (C=O) groups is 1. The van der Waals surface area contributed by atoms with E-state index in [-0.39, 0.29) is 17.0 Å². The predicted octanol–water partition coefficient (Wildman–Crippen LogP) is 1.75. The van der Waals surface area contributed by atoms with E-state index in [9.17, 15) is 9.00 Å².